The van der Waals surface area contributed by atoms with Crippen molar-refractivity contribution in [1.29, 1.82) is 0 Å². The second-order valence-corrected chi connectivity index (χ2v) is 7.16. The van der Waals surface area contributed by atoms with Crippen molar-refractivity contribution >= 4 is 17.3 Å². The number of rotatable bonds is 6. The standard InChI is InChI=1S/C24H26N2S/c1-3-19(2)25-23(27)26-24(20-13-7-4-8-14-20,21-15-9-5-10-16-21)22-17-11-6-12-18-22/h4-19H,3H2,1-2H3,(H2,25,26,27). The van der Waals surface area contributed by atoms with Gasteiger partial charge in [0, 0.05) is 6.04 Å². The number of thiocarbonyl (C=S) groups is 1. The van der Waals surface area contributed by atoms with Crippen molar-refractivity contribution in [3.8, 4) is 0 Å². The normalized spacial score (nSPS) is 12.2. The molecule has 0 saturated heterocycles. The summed E-state index contributed by atoms with van der Waals surface area (Å²) in [5.41, 5.74) is 2.88. The second-order valence-electron chi connectivity index (χ2n) is 6.76. The molecule has 3 aromatic rings. The predicted octanol–water partition coefficient (Wildman–Crippen LogP) is 5.24. The van der Waals surface area contributed by atoms with Crippen LogP contribution in [-0.4, -0.2) is 11.2 Å². The Morgan fingerprint density at radius 2 is 1.15 bits per heavy atom. The molecule has 3 aromatic carbocycles. The van der Waals surface area contributed by atoms with Crippen LogP contribution in [0, 0.1) is 0 Å². The summed E-state index contributed by atoms with van der Waals surface area (Å²) in [6, 6.07) is 31.8. The van der Waals surface area contributed by atoms with Crippen LogP contribution in [0.3, 0.4) is 0 Å². The quantitative estimate of drug-likeness (QED) is 0.456. The first-order chi connectivity index (χ1) is 13.2. The van der Waals surface area contributed by atoms with Gasteiger partial charge in [0.2, 0.25) is 0 Å². The highest BCUT2D eigenvalue weighted by Crippen LogP contribution is 2.36. The molecule has 0 spiro atoms. The maximum Gasteiger partial charge on any atom is 0.167 e. The summed E-state index contributed by atoms with van der Waals surface area (Å²) < 4.78 is 0. The van der Waals surface area contributed by atoms with Gasteiger partial charge in [-0.3, -0.25) is 0 Å². The Labute approximate surface area is 167 Å². The molecule has 1 unspecified atom stereocenters. The summed E-state index contributed by atoms with van der Waals surface area (Å²) >= 11 is 5.72. The van der Waals surface area contributed by atoms with Crippen LogP contribution in [-0.2, 0) is 5.54 Å². The largest absolute Gasteiger partial charge is 0.360 e. The van der Waals surface area contributed by atoms with E-state index in [1.807, 2.05) is 18.2 Å². The van der Waals surface area contributed by atoms with E-state index in [-0.39, 0.29) is 0 Å². The van der Waals surface area contributed by atoms with Gasteiger partial charge in [-0.1, -0.05) is 97.9 Å². The van der Waals surface area contributed by atoms with Gasteiger partial charge < -0.3 is 10.6 Å². The molecule has 0 aliphatic heterocycles. The molecule has 0 fully saturated rings. The van der Waals surface area contributed by atoms with Crippen LogP contribution < -0.4 is 10.6 Å². The van der Waals surface area contributed by atoms with Crippen molar-refractivity contribution in [3.05, 3.63) is 108 Å². The lowest BCUT2D eigenvalue weighted by Crippen LogP contribution is -2.52. The minimum absolute atomic E-state index is 0.310. The lowest BCUT2D eigenvalue weighted by atomic mass is 9.77. The Hall–Kier alpha value is -2.65. The summed E-state index contributed by atoms with van der Waals surface area (Å²) in [4.78, 5) is 0. The van der Waals surface area contributed by atoms with Gasteiger partial charge in [-0.05, 0) is 42.3 Å². The highest BCUT2D eigenvalue weighted by molar-refractivity contribution is 7.80. The predicted molar refractivity (Wildman–Crippen MR) is 118 cm³/mol. The van der Waals surface area contributed by atoms with Crippen molar-refractivity contribution in [3.63, 3.8) is 0 Å². The summed E-state index contributed by atoms with van der Waals surface area (Å²) in [5, 5.41) is 7.73. The van der Waals surface area contributed by atoms with Crippen LogP contribution in [0.1, 0.15) is 37.0 Å². The van der Waals surface area contributed by atoms with Gasteiger partial charge in [0.05, 0.1) is 0 Å². The van der Waals surface area contributed by atoms with E-state index < -0.39 is 5.54 Å². The van der Waals surface area contributed by atoms with Gasteiger partial charge in [0.25, 0.3) is 0 Å². The van der Waals surface area contributed by atoms with Crippen molar-refractivity contribution in [2.75, 3.05) is 0 Å². The van der Waals surface area contributed by atoms with Gasteiger partial charge in [-0.2, -0.15) is 0 Å². The maximum absolute atomic E-state index is 5.72. The Bertz CT molecular complexity index is 751. The van der Waals surface area contributed by atoms with Crippen molar-refractivity contribution < 1.29 is 0 Å². The molecule has 0 amide bonds. The molecule has 0 bridgehead atoms. The van der Waals surface area contributed by atoms with Gasteiger partial charge in [0.15, 0.2) is 5.11 Å². The van der Waals surface area contributed by atoms with E-state index in [4.69, 9.17) is 12.2 Å². The highest BCUT2D eigenvalue weighted by Gasteiger charge is 2.37. The molecule has 0 heterocycles. The first kappa shape index (κ1) is 19.1. The molecule has 2 N–H and O–H groups in total. The highest BCUT2D eigenvalue weighted by atomic mass is 32.1. The van der Waals surface area contributed by atoms with Gasteiger partial charge in [-0.15, -0.1) is 0 Å². The molecule has 0 radical (unpaired) electrons. The van der Waals surface area contributed by atoms with Crippen molar-refractivity contribution in [2.24, 2.45) is 0 Å². The minimum atomic E-state index is -0.568. The first-order valence-corrected chi connectivity index (χ1v) is 9.83. The topological polar surface area (TPSA) is 24.1 Å². The van der Waals surface area contributed by atoms with E-state index in [1.165, 1.54) is 0 Å². The molecule has 138 valence electrons. The summed E-state index contributed by atoms with van der Waals surface area (Å²) in [5.74, 6) is 0. The van der Waals surface area contributed by atoms with Gasteiger partial charge in [-0.25, -0.2) is 0 Å². The molecular weight excluding hydrogens is 348 g/mol. The monoisotopic (exact) mass is 374 g/mol. The van der Waals surface area contributed by atoms with Crippen LogP contribution in [0.5, 0.6) is 0 Å². The van der Waals surface area contributed by atoms with E-state index in [2.05, 4.69) is 97.3 Å². The Kier molecular flexibility index (Phi) is 6.25. The zero-order chi connectivity index (χ0) is 19.1. The number of nitrogens with one attached hydrogen (secondary N) is 2. The van der Waals surface area contributed by atoms with Gasteiger partial charge >= 0.3 is 0 Å². The van der Waals surface area contributed by atoms with Crippen molar-refractivity contribution in [2.45, 2.75) is 31.8 Å². The number of hydrogen-bond acceptors (Lipinski definition) is 1. The molecule has 0 aliphatic carbocycles. The zero-order valence-electron chi connectivity index (χ0n) is 15.9. The van der Waals surface area contributed by atoms with E-state index in [0.29, 0.717) is 11.2 Å². The van der Waals surface area contributed by atoms with Gasteiger partial charge in [0.1, 0.15) is 5.54 Å². The Balaban J connectivity index is 2.18. The zero-order valence-corrected chi connectivity index (χ0v) is 16.7. The molecule has 0 saturated carbocycles. The molecule has 1 atom stereocenters. The third kappa shape index (κ3) is 4.20. The van der Waals surface area contributed by atoms with Crippen LogP contribution >= 0.6 is 12.2 Å². The van der Waals surface area contributed by atoms with Crippen LogP contribution in [0.4, 0.5) is 0 Å². The summed E-state index contributed by atoms with van der Waals surface area (Å²) in [6.45, 7) is 4.29. The second kappa shape index (κ2) is 8.83. The first-order valence-electron chi connectivity index (χ1n) is 9.42. The molecule has 3 rings (SSSR count). The van der Waals surface area contributed by atoms with Crippen LogP contribution in [0.25, 0.3) is 0 Å². The molecule has 2 nitrogen and oxygen atoms in total. The van der Waals surface area contributed by atoms with Crippen molar-refractivity contribution in [1.82, 2.24) is 10.6 Å². The lowest BCUT2D eigenvalue weighted by molar-refractivity contribution is 0.549. The summed E-state index contributed by atoms with van der Waals surface area (Å²) in [7, 11) is 0. The fourth-order valence-electron chi connectivity index (χ4n) is 3.31. The van der Waals surface area contributed by atoms with E-state index in [9.17, 15) is 0 Å². The van der Waals surface area contributed by atoms with E-state index in [1.54, 1.807) is 0 Å². The number of hydrogen-bond donors (Lipinski definition) is 2. The molecular formula is C24H26N2S. The minimum Gasteiger partial charge on any atom is -0.360 e. The Morgan fingerprint density at radius 3 is 1.48 bits per heavy atom. The third-order valence-electron chi connectivity index (χ3n) is 4.91. The summed E-state index contributed by atoms with van der Waals surface area (Å²) in [6.07, 6.45) is 1.01. The van der Waals surface area contributed by atoms with E-state index >= 15 is 0 Å². The third-order valence-corrected chi connectivity index (χ3v) is 5.13. The van der Waals surface area contributed by atoms with Crippen LogP contribution in [0.2, 0.25) is 0 Å². The van der Waals surface area contributed by atoms with Crippen LogP contribution in [0.15, 0.2) is 91.0 Å². The average Bonchev–Trinajstić information content (AvgIpc) is 2.74. The molecule has 3 heteroatoms. The maximum atomic E-state index is 5.72. The van der Waals surface area contributed by atoms with E-state index in [0.717, 1.165) is 23.1 Å². The lowest BCUT2D eigenvalue weighted by Gasteiger charge is -2.38. The molecule has 0 aliphatic rings. The number of benzene rings is 3. The molecule has 0 aromatic heterocycles. The molecule has 27 heavy (non-hydrogen) atoms. The fourth-order valence-corrected chi connectivity index (χ4v) is 3.67. The fraction of sp³-hybridized carbons (Fsp3) is 0.208. The SMILES string of the molecule is CCC(C)NC(=S)NC(c1ccccc1)(c1ccccc1)c1ccccc1. The average molecular weight is 375 g/mol. The Morgan fingerprint density at radius 1 is 0.778 bits per heavy atom. The smallest absolute Gasteiger partial charge is 0.167 e.